The number of allylic oxidation sites excluding steroid dienone is 2. The van der Waals surface area contributed by atoms with Crippen LogP contribution in [0.25, 0.3) is 0 Å². The fourth-order valence-corrected chi connectivity index (χ4v) is 2.29. The Balaban J connectivity index is 3.17. The molecule has 10 heteroatoms. The van der Waals surface area contributed by atoms with Gasteiger partial charge in [0.15, 0.2) is 0 Å². The zero-order valence-corrected chi connectivity index (χ0v) is 15.6. The Morgan fingerprint density at radius 1 is 1.00 bits per heavy atom. The molecule has 0 aliphatic heterocycles. The second-order valence-electron chi connectivity index (χ2n) is 5.81. The molecule has 0 aromatic carbocycles. The van der Waals surface area contributed by atoms with Crippen molar-refractivity contribution in [1.29, 1.82) is 0 Å². The highest BCUT2D eigenvalue weighted by atomic mass is 16.2. The number of nitrogens with one attached hydrogen (secondary N) is 2. The Morgan fingerprint density at radius 3 is 1.93 bits per heavy atom. The van der Waals surface area contributed by atoms with Crippen molar-refractivity contribution < 1.29 is 9.59 Å². The Kier molecular flexibility index (Phi) is 8.18. The van der Waals surface area contributed by atoms with Crippen LogP contribution >= 0.6 is 0 Å². The summed E-state index contributed by atoms with van der Waals surface area (Å²) in [5, 5.41) is 5.05. The van der Waals surface area contributed by atoms with E-state index in [1.54, 1.807) is 0 Å². The summed E-state index contributed by atoms with van der Waals surface area (Å²) in [5.74, 6) is -1.08. The van der Waals surface area contributed by atoms with Gasteiger partial charge in [0.1, 0.15) is 12.6 Å². The van der Waals surface area contributed by atoms with E-state index in [4.69, 9.17) is 0 Å². The van der Waals surface area contributed by atoms with Gasteiger partial charge in [-0.3, -0.25) is 9.59 Å². The summed E-state index contributed by atoms with van der Waals surface area (Å²) in [7, 11) is 0. The average Bonchev–Trinajstić information content (AvgIpc) is 2.63. The van der Waals surface area contributed by atoms with E-state index in [1.165, 1.54) is 19.1 Å². The second kappa shape index (κ2) is 10.1. The number of hydrogen-bond acceptors (Lipinski definition) is 5. The summed E-state index contributed by atoms with van der Waals surface area (Å²) >= 11 is 0. The molecule has 0 saturated carbocycles. The van der Waals surface area contributed by atoms with Crippen LogP contribution in [0, 0.1) is 0 Å². The van der Waals surface area contributed by atoms with Gasteiger partial charge in [-0.2, -0.15) is 0 Å². The van der Waals surface area contributed by atoms with Crippen LogP contribution in [0.15, 0.2) is 39.7 Å². The smallest absolute Gasteiger partial charge is 0.337 e. The van der Waals surface area contributed by atoms with Gasteiger partial charge in [0.2, 0.25) is 11.8 Å². The Labute approximate surface area is 155 Å². The molecule has 0 saturated heterocycles. The highest BCUT2D eigenvalue weighted by molar-refractivity contribution is 5.87. The largest absolute Gasteiger partial charge is 0.354 e. The molecule has 27 heavy (non-hydrogen) atoms. The van der Waals surface area contributed by atoms with Crippen molar-refractivity contribution in [3.63, 3.8) is 0 Å². The summed E-state index contributed by atoms with van der Waals surface area (Å²) in [4.78, 5) is 61.1. The monoisotopic (exact) mass is 379 g/mol. The predicted molar refractivity (Wildman–Crippen MR) is 101 cm³/mol. The minimum absolute atomic E-state index is 0.119. The van der Waals surface area contributed by atoms with Crippen LogP contribution in [-0.4, -0.2) is 38.1 Å². The van der Waals surface area contributed by atoms with Gasteiger partial charge in [0.25, 0.3) is 0 Å². The minimum atomic E-state index is -0.927. The Morgan fingerprint density at radius 2 is 1.48 bits per heavy atom. The zero-order valence-electron chi connectivity index (χ0n) is 15.6. The first-order valence-corrected chi connectivity index (χ1v) is 8.51. The molecule has 1 rings (SSSR count). The first-order valence-electron chi connectivity index (χ1n) is 8.51. The summed E-state index contributed by atoms with van der Waals surface area (Å²) in [6.07, 6.45) is 3.40. The predicted octanol–water partition coefficient (Wildman–Crippen LogP) is -1.43. The number of hydrogen-bond donors (Lipinski definition) is 2. The van der Waals surface area contributed by atoms with E-state index in [-0.39, 0.29) is 19.0 Å². The standard InChI is InChI=1S/C17H25N5O5/c1-5-8-18-14(24)12(4)19-13(23)11-22-16(26)20(9-6-2)15(25)21(10-7-3)17(22)27/h6-7,12H,2-3,5,8-11H2,1,4H3,(H,18,24)(H,19,23)/t12-/m0/s1. The average molecular weight is 379 g/mol. The zero-order chi connectivity index (χ0) is 20.6. The van der Waals surface area contributed by atoms with Crippen molar-refractivity contribution in [1.82, 2.24) is 24.3 Å². The van der Waals surface area contributed by atoms with E-state index in [0.717, 1.165) is 15.6 Å². The third-order valence-electron chi connectivity index (χ3n) is 3.63. The van der Waals surface area contributed by atoms with Gasteiger partial charge in [0.05, 0.1) is 13.1 Å². The lowest BCUT2D eigenvalue weighted by molar-refractivity contribution is -0.128. The summed E-state index contributed by atoms with van der Waals surface area (Å²) in [6.45, 7) is 9.92. The normalized spacial score (nSPS) is 11.5. The second-order valence-corrected chi connectivity index (χ2v) is 5.81. The number of carbonyl (C=O) groups is 2. The maximum atomic E-state index is 12.4. The van der Waals surface area contributed by atoms with Crippen molar-refractivity contribution in [2.24, 2.45) is 0 Å². The SMILES string of the molecule is C=CCn1c(=O)n(CC=C)c(=O)n(CC(=O)N[C@@H](C)C(=O)NCCC)c1=O. The summed E-state index contributed by atoms with van der Waals surface area (Å²) in [6, 6.07) is -0.839. The van der Waals surface area contributed by atoms with Gasteiger partial charge in [-0.25, -0.2) is 28.1 Å². The van der Waals surface area contributed by atoms with Crippen LogP contribution in [-0.2, 0) is 29.2 Å². The molecule has 0 radical (unpaired) electrons. The number of aromatic nitrogens is 3. The van der Waals surface area contributed by atoms with Gasteiger partial charge in [0, 0.05) is 6.54 Å². The lowest BCUT2D eigenvalue weighted by atomic mass is 10.3. The van der Waals surface area contributed by atoms with Crippen molar-refractivity contribution in [2.45, 2.75) is 45.9 Å². The van der Waals surface area contributed by atoms with Crippen LogP contribution in [0.1, 0.15) is 20.3 Å². The molecule has 0 spiro atoms. The lowest BCUT2D eigenvalue weighted by Crippen LogP contribution is -2.56. The molecule has 0 unspecified atom stereocenters. The summed E-state index contributed by atoms with van der Waals surface area (Å²) in [5.41, 5.74) is -2.67. The van der Waals surface area contributed by atoms with Gasteiger partial charge in [-0.15, -0.1) is 13.2 Å². The van der Waals surface area contributed by atoms with Crippen LogP contribution in [0.4, 0.5) is 0 Å². The van der Waals surface area contributed by atoms with Crippen molar-refractivity contribution >= 4 is 11.8 Å². The highest BCUT2D eigenvalue weighted by Gasteiger charge is 2.19. The van der Waals surface area contributed by atoms with E-state index in [2.05, 4.69) is 23.8 Å². The first kappa shape index (κ1) is 21.9. The van der Waals surface area contributed by atoms with Crippen molar-refractivity contribution in [2.75, 3.05) is 6.54 Å². The van der Waals surface area contributed by atoms with Gasteiger partial charge in [-0.1, -0.05) is 19.1 Å². The fraction of sp³-hybridized carbons (Fsp3) is 0.471. The Bertz CT molecular complexity index is 844. The molecular weight excluding hydrogens is 354 g/mol. The molecule has 1 aromatic heterocycles. The molecule has 1 aromatic rings. The molecule has 10 nitrogen and oxygen atoms in total. The molecule has 0 aliphatic rings. The molecular formula is C17H25N5O5. The maximum absolute atomic E-state index is 12.4. The lowest BCUT2D eigenvalue weighted by Gasteiger charge is -2.15. The van der Waals surface area contributed by atoms with Crippen molar-refractivity contribution in [3.05, 3.63) is 56.8 Å². The van der Waals surface area contributed by atoms with Crippen LogP contribution in [0.3, 0.4) is 0 Å². The topological polar surface area (TPSA) is 124 Å². The number of carbonyl (C=O) groups excluding carboxylic acids is 2. The molecule has 2 amide bonds. The first-order chi connectivity index (χ1) is 12.8. The molecule has 1 atom stereocenters. The van der Waals surface area contributed by atoms with Crippen LogP contribution in [0.2, 0.25) is 0 Å². The summed E-state index contributed by atoms with van der Waals surface area (Å²) < 4.78 is 2.23. The third kappa shape index (κ3) is 5.40. The third-order valence-corrected chi connectivity index (χ3v) is 3.63. The van der Waals surface area contributed by atoms with Gasteiger partial charge in [-0.05, 0) is 13.3 Å². The van der Waals surface area contributed by atoms with E-state index >= 15 is 0 Å². The number of amides is 2. The van der Waals surface area contributed by atoms with Crippen LogP contribution in [0.5, 0.6) is 0 Å². The van der Waals surface area contributed by atoms with E-state index in [1.807, 2.05) is 6.92 Å². The Hall–Kier alpha value is -3.17. The molecule has 0 bridgehead atoms. The van der Waals surface area contributed by atoms with E-state index in [9.17, 15) is 24.0 Å². The number of nitrogens with zero attached hydrogens (tertiary/aromatic N) is 3. The van der Waals surface area contributed by atoms with Gasteiger partial charge >= 0.3 is 17.1 Å². The highest BCUT2D eigenvalue weighted by Crippen LogP contribution is 1.86. The molecule has 1 heterocycles. The van der Waals surface area contributed by atoms with Crippen LogP contribution < -0.4 is 27.7 Å². The molecule has 148 valence electrons. The van der Waals surface area contributed by atoms with E-state index in [0.29, 0.717) is 11.1 Å². The maximum Gasteiger partial charge on any atom is 0.337 e. The fourth-order valence-electron chi connectivity index (χ4n) is 2.29. The van der Waals surface area contributed by atoms with E-state index < -0.39 is 35.6 Å². The molecule has 2 N–H and O–H groups in total. The molecule has 0 aliphatic carbocycles. The quantitative estimate of drug-likeness (QED) is 0.483. The van der Waals surface area contributed by atoms with Crippen molar-refractivity contribution in [3.8, 4) is 0 Å². The minimum Gasteiger partial charge on any atom is -0.354 e. The number of rotatable bonds is 10. The molecule has 0 fully saturated rings. The van der Waals surface area contributed by atoms with Gasteiger partial charge < -0.3 is 10.6 Å².